The molecule has 0 amide bonds. The molecule has 0 fully saturated rings. The number of aromatic carboxylic acids is 1. The Kier molecular flexibility index (Phi) is 3.85. The minimum absolute atomic E-state index is 0.0596. The monoisotopic (exact) mass is 287 g/mol. The Bertz CT molecular complexity index is 745. The van der Waals surface area contributed by atoms with Gasteiger partial charge in [-0.05, 0) is 24.3 Å². The van der Waals surface area contributed by atoms with E-state index in [1.807, 2.05) is 0 Å². The second-order valence-electron chi connectivity index (χ2n) is 4.03. The third-order valence-corrected chi connectivity index (χ3v) is 2.65. The van der Waals surface area contributed by atoms with Crippen molar-refractivity contribution in [2.75, 3.05) is 5.32 Å². The van der Waals surface area contributed by atoms with E-state index in [0.29, 0.717) is 11.4 Å². The van der Waals surface area contributed by atoms with Gasteiger partial charge in [-0.3, -0.25) is 10.1 Å². The van der Waals surface area contributed by atoms with Crippen LogP contribution in [-0.2, 0) is 6.54 Å². The number of nitro benzene ring substituents is 1. The van der Waals surface area contributed by atoms with E-state index in [-0.39, 0.29) is 23.6 Å². The highest BCUT2D eigenvalue weighted by atomic mass is 16.6. The molecule has 2 aromatic rings. The maximum Gasteiger partial charge on any atom is 0.371 e. The van der Waals surface area contributed by atoms with Gasteiger partial charge < -0.3 is 14.8 Å². The van der Waals surface area contributed by atoms with Crippen molar-refractivity contribution in [1.82, 2.24) is 0 Å². The highest BCUT2D eigenvalue weighted by molar-refractivity contribution is 5.84. The quantitative estimate of drug-likeness (QED) is 0.637. The van der Waals surface area contributed by atoms with E-state index < -0.39 is 10.9 Å². The molecule has 8 heteroatoms. The maximum atomic E-state index is 10.7. The van der Waals surface area contributed by atoms with Crippen LogP contribution in [0.1, 0.15) is 21.9 Å². The lowest BCUT2D eigenvalue weighted by atomic mass is 10.1. The summed E-state index contributed by atoms with van der Waals surface area (Å²) < 4.78 is 5.05. The summed E-state index contributed by atoms with van der Waals surface area (Å²) in [4.78, 5) is 20.7. The average molecular weight is 287 g/mol. The summed E-state index contributed by atoms with van der Waals surface area (Å²) >= 11 is 0. The SMILES string of the molecule is N#Cc1cc(NCc2ccc(C(=O)O)o2)ccc1[N+](=O)[O-]. The molecule has 0 aliphatic carbocycles. The van der Waals surface area contributed by atoms with Gasteiger partial charge in [-0.15, -0.1) is 0 Å². The Morgan fingerprint density at radius 3 is 2.76 bits per heavy atom. The molecule has 2 N–H and O–H groups in total. The first-order valence-corrected chi connectivity index (χ1v) is 5.75. The van der Waals surface area contributed by atoms with Gasteiger partial charge in [-0.1, -0.05) is 0 Å². The standard InChI is InChI=1S/C13H9N3O5/c14-6-8-5-9(1-3-11(8)16(19)20)15-7-10-2-4-12(21-10)13(17)18/h1-5,15H,7H2,(H,17,18). The van der Waals surface area contributed by atoms with E-state index in [9.17, 15) is 14.9 Å². The Labute approximate surface area is 118 Å². The van der Waals surface area contributed by atoms with Crippen molar-refractivity contribution >= 4 is 17.3 Å². The van der Waals surface area contributed by atoms with Gasteiger partial charge >= 0.3 is 5.97 Å². The Morgan fingerprint density at radius 1 is 1.43 bits per heavy atom. The van der Waals surface area contributed by atoms with Gasteiger partial charge in [-0.2, -0.15) is 5.26 Å². The van der Waals surface area contributed by atoms with Gasteiger partial charge in [0.2, 0.25) is 5.76 Å². The minimum atomic E-state index is -1.16. The molecule has 1 aromatic heterocycles. The number of furan rings is 1. The molecule has 0 saturated carbocycles. The summed E-state index contributed by atoms with van der Waals surface area (Å²) in [6.45, 7) is 0.190. The number of carboxylic acids is 1. The summed E-state index contributed by atoms with van der Waals surface area (Å²) in [5.74, 6) is -0.944. The summed E-state index contributed by atoms with van der Waals surface area (Å²) in [7, 11) is 0. The molecule has 0 atom stereocenters. The van der Waals surface area contributed by atoms with Crippen molar-refractivity contribution in [1.29, 1.82) is 5.26 Å². The lowest BCUT2D eigenvalue weighted by molar-refractivity contribution is -0.385. The minimum Gasteiger partial charge on any atom is -0.475 e. The van der Waals surface area contributed by atoms with Crippen molar-refractivity contribution in [2.24, 2.45) is 0 Å². The van der Waals surface area contributed by atoms with Crippen LogP contribution in [0.15, 0.2) is 34.7 Å². The fraction of sp³-hybridized carbons (Fsp3) is 0.0769. The smallest absolute Gasteiger partial charge is 0.371 e. The Balaban J connectivity index is 2.11. The van der Waals surface area contributed by atoms with Crippen molar-refractivity contribution in [3.8, 4) is 6.07 Å². The summed E-state index contributed by atoms with van der Waals surface area (Å²) in [6, 6.07) is 8.62. The molecule has 0 unspecified atom stereocenters. The lowest BCUT2D eigenvalue weighted by Crippen LogP contribution is -2.00. The number of nitriles is 1. The van der Waals surface area contributed by atoms with Crippen LogP contribution in [0.3, 0.4) is 0 Å². The van der Waals surface area contributed by atoms with Crippen molar-refractivity contribution in [3.63, 3.8) is 0 Å². The molecule has 21 heavy (non-hydrogen) atoms. The number of carboxylic acid groups (broad SMARTS) is 1. The fourth-order valence-corrected chi connectivity index (χ4v) is 1.67. The number of benzene rings is 1. The normalized spacial score (nSPS) is 9.86. The topological polar surface area (TPSA) is 129 Å². The van der Waals surface area contributed by atoms with Crippen LogP contribution in [0, 0.1) is 21.4 Å². The molecule has 0 bridgehead atoms. The third-order valence-electron chi connectivity index (χ3n) is 2.65. The van der Waals surface area contributed by atoms with Gasteiger partial charge in [0.05, 0.1) is 11.5 Å². The molecule has 0 aliphatic heterocycles. The molecule has 0 aliphatic rings. The van der Waals surface area contributed by atoms with Gasteiger partial charge in [0.25, 0.3) is 5.69 Å². The predicted molar refractivity (Wildman–Crippen MR) is 70.8 cm³/mol. The molecule has 1 heterocycles. The summed E-state index contributed by atoms with van der Waals surface area (Å²) in [5, 5.41) is 31.2. The van der Waals surface area contributed by atoms with Crippen LogP contribution in [0.5, 0.6) is 0 Å². The molecular formula is C13H9N3O5. The number of rotatable bonds is 5. The fourth-order valence-electron chi connectivity index (χ4n) is 1.67. The van der Waals surface area contributed by atoms with Crippen LogP contribution in [-0.4, -0.2) is 16.0 Å². The van der Waals surface area contributed by atoms with Crippen LogP contribution >= 0.6 is 0 Å². The highest BCUT2D eigenvalue weighted by Gasteiger charge is 2.14. The van der Waals surface area contributed by atoms with Crippen molar-refractivity contribution in [3.05, 3.63) is 57.5 Å². The lowest BCUT2D eigenvalue weighted by Gasteiger charge is -2.04. The van der Waals surface area contributed by atoms with E-state index in [4.69, 9.17) is 14.8 Å². The van der Waals surface area contributed by atoms with Crippen molar-refractivity contribution in [2.45, 2.75) is 6.54 Å². The first-order valence-electron chi connectivity index (χ1n) is 5.75. The van der Waals surface area contributed by atoms with E-state index in [1.54, 1.807) is 6.07 Å². The van der Waals surface area contributed by atoms with Crippen LogP contribution in [0.25, 0.3) is 0 Å². The molecule has 106 valence electrons. The number of carbonyl (C=O) groups is 1. The number of hydrogen-bond donors (Lipinski definition) is 2. The zero-order valence-corrected chi connectivity index (χ0v) is 10.6. The largest absolute Gasteiger partial charge is 0.475 e. The maximum absolute atomic E-state index is 10.7. The van der Waals surface area contributed by atoms with Crippen LogP contribution in [0.2, 0.25) is 0 Å². The zero-order valence-electron chi connectivity index (χ0n) is 10.6. The number of nitro groups is 1. The first-order chi connectivity index (χ1) is 10.0. The number of anilines is 1. The van der Waals surface area contributed by atoms with E-state index >= 15 is 0 Å². The van der Waals surface area contributed by atoms with Gasteiger partial charge in [-0.25, -0.2) is 4.79 Å². The molecule has 0 radical (unpaired) electrons. The number of nitrogens with one attached hydrogen (secondary N) is 1. The third kappa shape index (κ3) is 3.16. The number of nitrogens with zero attached hydrogens (tertiary/aromatic N) is 2. The van der Waals surface area contributed by atoms with Crippen molar-refractivity contribution < 1.29 is 19.2 Å². The highest BCUT2D eigenvalue weighted by Crippen LogP contribution is 2.22. The van der Waals surface area contributed by atoms with E-state index in [1.165, 1.54) is 30.3 Å². The average Bonchev–Trinajstić information content (AvgIpc) is 2.93. The molecule has 2 rings (SSSR count). The van der Waals surface area contributed by atoms with Crippen LogP contribution in [0.4, 0.5) is 11.4 Å². The Morgan fingerprint density at radius 2 is 2.19 bits per heavy atom. The Hall–Kier alpha value is -3.34. The zero-order chi connectivity index (χ0) is 15.4. The summed E-state index contributed by atoms with van der Waals surface area (Å²) in [6.07, 6.45) is 0. The molecular weight excluding hydrogens is 278 g/mol. The van der Waals surface area contributed by atoms with E-state index in [0.717, 1.165) is 0 Å². The molecule has 8 nitrogen and oxygen atoms in total. The predicted octanol–water partition coefficient (Wildman–Crippen LogP) is 2.37. The summed E-state index contributed by atoms with van der Waals surface area (Å²) in [5.41, 5.74) is 0.162. The molecule has 0 saturated heterocycles. The molecule has 1 aromatic carbocycles. The number of hydrogen-bond acceptors (Lipinski definition) is 6. The van der Waals surface area contributed by atoms with Gasteiger partial charge in [0, 0.05) is 11.8 Å². The van der Waals surface area contributed by atoms with Gasteiger partial charge in [0.15, 0.2) is 0 Å². The van der Waals surface area contributed by atoms with Crippen LogP contribution < -0.4 is 5.32 Å². The second-order valence-corrected chi connectivity index (χ2v) is 4.03. The first kappa shape index (κ1) is 14.1. The van der Waals surface area contributed by atoms with Gasteiger partial charge in [0.1, 0.15) is 17.4 Å². The second kappa shape index (κ2) is 5.75. The molecule has 0 spiro atoms. The van der Waals surface area contributed by atoms with E-state index in [2.05, 4.69) is 5.32 Å².